The van der Waals surface area contributed by atoms with Crippen molar-refractivity contribution in [2.45, 2.75) is 62.4 Å². The highest BCUT2D eigenvalue weighted by Crippen LogP contribution is 2.37. The summed E-state index contributed by atoms with van der Waals surface area (Å²) in [6.45, 7) is 0.834. The Morgan fingerprint density at radius 2 is 1.92 bits per heavy atom. The Labute approximate surface area is 154 Å². The number of aliphatic hydroxyl groups is 1. The second-order valence-corrected chi connectivity index (χ2v) is 8.14. The zero-order valence-electron chi connectivity index (χ0n) is 15.1. The molecule has 3 fully saturated rings. The van der Waals surface area contributed by atoms with Gasteiger partial charge in [0, 0.05) is 37.6 Å². The highest BCUT2D eigenvalue weighted by atomic mass is 19.1. The van der Waals surface area contributed by atoms with E-state index in [4.69, 9.17) is 5.11 Å². The standard InChI is InChI=1S/C20H28FN3O2/c21-20(14-25)8-9-23(13-20)19(26)22-16-10-17-6-7-18(11-16)24(17)12-15-4-2-1-3-5-15/h1-5,16-18,25H,6-14H2,(H,22,26). The Kier molecular flexibility index (Phi) is 4.88. The number of rotatable bonds is 4. The molecule has 6 heteroatoms. The van der Waals surface area contributed by atoms with E-state index in [1.54, 1.807) is 0 Å². The van der Waals surface area contributed by atoms with Crippen molar-refractivity contribution < 1.29 is 14.3 Å². The molecule has 1 aromatic rings. The number of carbonyl (C=O) groups excluding carboxylic acids is 1. The number of aliphatic hydroxyl groups excluding tert-OH is 1. The normalized spacial score (nSPS) is 34.2. The fourth-order valence-corrected chi connectivity index (χ4v) is 4.85. The molecule has 3 heterocycles. The molecular formula is C20H28FN3O2. The minimum absolute atomic E-state index is 0.00492. The Hall–Kier alpha value is -1.66. The number of hydrogen-bond acceptors (Lipinski definition) is 3. The number of hydrogen-bond donors (Lipinski definition) is 2. The lowest BCUT2D eigenvalue weighted by Crippen LogP contribution is -2.52. The molecule has 142 valence electrons. The molecule has 2 amide bonds. The van der Waals surface area contributed by atoms with Crippen LogP contribution in [-0.4, -0.2) is 64.4 Å². The van der Waals surface area contributed by atoms with E-state index in [-0.39, 0.29) is 25.0 Å². The van der Waals surface area contributed by atoms with E-state index < -0.39 is 12.3 Å². The van der Waals surface area contributed by atoms with Crippen molar-refractivity contribution in [3.8, 4) is 0 Å². The largest absolute Gasteiger partial charge is 0.393 e. The molecule has 0 aromatic heterocycles. The monoisotopic (exact) mass is 361 g/mol. The maximum Gasteiger partial charge on any atom is 0.317 e. The third-order valence-electron chi connectivity index (χ3n) is 6.29. The average Bonchev–Trinajstić information content (AvgIpc) is 3.14. The van der Waals surface area contributed by atoms with Crippen LogP contribution in [0.5, 0.6) is 0 Å². The summed E-state index contributed by atoms with van der Waals surface area (Å²) in [6, 6.07) is 11.5. The number of amides is 2. The fourth-order valence-electron chi connectivity index (χ4n) is 4.85. The van der Waals surface area contributed by atoms with Crippen molar-refractivity contribution in [2.75, 3.05) is 19.7 Å². The first kappa shape index (κ1) is 17.7. The molecule has 2 bridgehead atoms. The van der Waals surface area contributed by atoms with Crippen LogP contribution in [-0.2, 0) is 6.54 Å². The van der Waals surface area contributed by atoms with Crippen LogP contribution in [0.1, 0.15) is 37.7 Å². The first-order valence-electron chi connectivity index (χ1n) is 9.71. The van der Waals surface area contributed by atoms with Gasteiger partial charge in [-0.15, -0.1) is 0 Å². The van der Waals surface area contributed by atoms with Gasteiger partial charge in [-0.05, 0) is 31.2 Å². The van der Waals surface area contributed by atoms with Gasteiger partial charge in [-0.25, -0.2) is 9.18 Å². The van der Waals surface area contributed by atoms with E-state index in [1.807, 2.05) is 6.07 Å². The summed E-state index contributed by atoms with van der Waals surface area (Å²) in [5, 5.41) is 12.3. The van der Waals surface area contributed by atoms with Gasteiger partial charge < -0.3 is 15.3 Å². The minimum Gasteiger partial charge on any atom is -0.393 e. The van der Waals surface area contributed by atoms with Crippen LogP contribution in [0.15, 0.2) is 30.3 Å². The number of fused-ring (bicyclic) bond motifs is 2. The number of urea groups is 1. The van der Waals surface area contributed by atoms with Gasteiger partial charge in [0.2, 0.25) is 0 Å². The highest BCUT2D eigenvalue weighted by Gasteiger charge is 2.43. The van der Waals surface area contributed by atoms with Crippen LogP contribution in [0.25, 0.3) is 0 Å². The molecule has 3 aliphatic heterocycles. The highest BCUT2D eigenvalue weighted by molar-refractivity contribution is 5.75. The Bertz CT molecular complexity index is 629. The van der Waals surface area contributed by atoms with Crippen molar-refractivity contribution in [3.05, 3.63) is 35.9 Å². The van der Waals surface area contributed by atoms with Crippen LogP contribution in [0.3, 0.4) is 0 Å². The molecule has 3 aliphatic rings. The van der Waals surface area contributed by atoms with Gasteiger partial charge >= 0.3 is 6.03 Å². The van der Waals surface area contributed by atoms with Crippen LogP contribution in [0.4, 0.5) is 9.18 Å². The van der Waals surface area contributed by atoms with E-state index >= 15 is 0 Å². The quantitative estimate of drug-likeness (QED) is 0.865. The smallest absolute Gasteiger partial charge is 0.317 e. The molecule has 4 rings (SSSR count). The van der Waals surface area contributed by atoms with Crippen LogP contribution >= 0.6 is 0 Å². The summed E-state index contributed by atoms with van der Waals surface area (Å²) in [5.74, 6) is 0. The fraction of sp³-hybridized carbons (Fsp3) is 0.650. The number of carbonyl (C=O) groups is 1. The molecule has 0 spiro atoms. The third-order valence-corrected chi connectivity index (χ3v) is 6.29. The van der Waals surface area contributed by atoms with E-state index in [9.17, 15) is 9.18 Å². The molecule has 1 aromatic carbocycles. The number of piperidine rings is 1. The lowest BCUT2D eigenvalue weighted by Gasteiger charge is -2.39. The van der Waals surface area contributed by atoms with Crippen molar-refractivity contribution in [1.29, 1.82) is 0 Å². The molecule has 0 radical (unpaired) electrons. The van der Waals surface area contributed by atoms with Crippen LogP contribution in [0.2, 0.25) is 0 Å². The van der Waals surface area contributed by atoms with Gasteiger partial charge in [-0.1, -0.05) is 30.3 Å². The Morgan fingerprint density at radius 1 is 1.23 bits per heavy atom. The summed E-state index contributed by atoms with van der Waals surface area (Å²) < 4.78 is 14.1. The molecule has 5 nitrogen and oxygen atoms in total. The molecule has 0 aliphatic carbocycles. The Balaban J connectivity index is 1.32. The molecular weight excluding hydrogens is 333 g/mol. The van der Waals surface area contributed by atoms with E-state index in [0.717, 1.165) is 19.4 Å². The zero-order valence-corrected chi connectivity index (χ0v) is 15.1. The van der Waals surface area contributed by atoms with Crippen LogP contribution in [0, 0.1) is 0 Å². The first-order chi connectivity index (χ1) is 12.6. The third kappa shape index (κ3) is 3.58. The second kappa shape index (κ2) is 7.16. The van der Waals surface area contributed by atoms with Gasteiger partial charge in [0.15, 0.2) is 5.67 Å². The molecule has 2 N–H and O–H groups in total. The number of halogens is 1. The van der Waals surface area contributed by atoms with Gasteiger partial charge in [0.1, 0.15) is 0 Å². The number of likely N-dealkylation sites (tertiary alicyclic amines) is 1. The summed E-state index contributed by atoms with van der Waals surface area (Å²) in [4.78, 5) is 16.6. The Morgan fingerprint density at radius 3 is 2.54 bits per heavy atom. The molecule has 3 unspecified atom stereocenters. The predicted octanol–water partition coefficient (Wildman–Crippen LogP) is 2.30. The molecule has 0 saturated carbocycles. The van der Waals surface area contributed by atoms with Gasteiger partial charge in [0.05, 0.1) is 13.2 Å². The van der Waals surface area contributed by atoms with Crippen molar-refractivity contribution in [3.63, 3.8) is 0 Å². The van der Waals surface area contributed by atoms with Gasteiger partial charge in [0.25, 0.3) is 0 Å². The SMILES string of the molecule is O=C(NC1CC2CCC(C1)N2Cc1ccccc1)N1CCC(F)(CO)C1. The number of nitrogens with one attached hydrogen (secondary N) is 1. The number of alkyl halides is 1. The average molecular weight is 361 g/mol. The predicted molar refractivity (Wildman–Crippen MR) is 97.5 cm³/mol. The van der Waals surface area contributed by atoms with E-state index in [0.29, 0.717) is 18.6 Å². The lowest BCUT2D eigenvalue weighted by molar-refractivity contribution is 0.0790. The van der Waals surface area contributed by atoms with Gasteiger partial charge in [-0.3, -0.25) is 4.90 Å². The summed E-state index contributed by atoms with van der Waals surface area (Å²) in [5.41, 5.74) is -0.290. The van der Waals surface area contributed by atoms with Crippen molar-refractivity contribution >= 4 is 6.03 Å². The summed E-state index contributed by atoms with van der Waals surface area (Å²) in [7, 11) is 0. The molecule has 3 atom stereocenters. The lowest BCUT2D eigenvalue weighted by atomic mass is 9.96. The van der Waals surface area contributed by atoms with E-state index in [2.05, 4.69) is 34.5 Å². The first-order valence-corrected chi connectivity index (χ1v) is 9.71. The molecule has 3 saturated heterocycles. The topological polar surface area (TPSA) is 55.8 Å². The summed E-state index contributed by atoms with van der Waals surface area (Å²) >= 11 is 0. The maximum atomic E-state index is 14.1. The molecule has 26 heavy (non-hydrogen) atoms. The van der Waals surface area contributed by atoms with Gasteiger partial charge in [-0.2, -0.15) is 0 Å². The number of nitrogens with zero attached hydrogens (tertiary/aromatic N) is 2. The summed E-state index contributed by atoms with van der Waals surface area (Å²) in [6.07, 6.45) is 4.52. The van der Waals surface area contributed by atoms with Crippen LogP contribution < -0.4 is 5.32 Å². The van der Waals surface area contributed by atoms with Crippen molar-refractivity contribution in [2.24, 2.45) is 0 Å². The minimum atomic E-state index is -1.63. The number of benzene rings is 1. The second-order valence-electron chi connectivity index (χ2n) is 8.14. The van der Waals surface area contributed by atoms with E-state index in [1.165, 1.54) is 23.3 Å². The van der Waals surface area contributed by atoms with Crippen molar-refractivity contribution in [1.82, 2.24) is 15.1 Å². The maximum absolute atomic E-state index is 14.1. The zero-order chi connectivity index (χ0) is 18.1.